The average Bonchev–Trinajstić information content (AvgIpc) is 3.02. The Labute approximate surface area is 182 Å². The van der Waals surface area contributed by atoms with Gasteiger partial charge in [0, 0.05) is 9.35 Å². The zero-order valence-electron chi connectivity index (χ0n) is 16.0. The largest absolute Gasteiger partial charge is 0.465 e. The molecule has 1 aromatic heterocycles. The van der Waals surface area contributed by atoms with Gasteiger partial charge < -0.3 is 10.1 Å². The van der Waals surface area contributed by atoms with Crippen molar-refractivity contribution in [3.8, 4) is 0 Å². The van der Waals surface area contributed by atoms with Gasteiger partial charge in [-0.3, -0.25) is 9.10 Å². The molecule has 1 aliphatic carbocycles. The van der Waals surface area contributed by atoms with Gasteiger partial charge in [0.15, 0.2) is 0 Å². The number of methoxy groups -OCH3 is 1. The van der Waals surface area contributed by atoms with E-state index < -0.39 is 28.4 Å². The zero-order valence-corrected chi connectivity index (χ0v) is 19.2. The molecule has 0 aliphatic heterocycles. The molecule has 0 atom stereocenters. The van der Waals surface area contributed by atoms with E-state index in [2.05, 4.69) is 21.2 Å². The smallest absolute Gasteiger partial charge is 0.341 e. The first-order chi connectivity index (χ1) is 13.7. The van der Waals surface area contributed by atoms with Crippen molar-refractivity contribution in [3.05, 3.63) is 44.7 Å². The highest BCUT2D eigenvalue weighted by atomic mass is 79.9. The molecular weight excluding hydrogens is 480 g/mol. The second-order valence-electron chi connectivity index (χ2n) is 6.70. The highest BCUT2D eigenvalue weighted by molar-refractivity contribution is 9.10. The van der Waals surface area contributed by atoms with Gasteiger partial charge >= 0.3 is 5.97 Å². The number of ether oxygens (including phenoxy) is 1. The van der Waals surface area contributed by atoms with Crippen LogP contribution in [0.4, 0.5) is 10.7 Å². The van der Waals surface area contributed by atoms with E-state index in [1.54, 1.807) is 24.3 Å². The van der Waals surface area contributed by atoms with Crippen LogP contribution in [0.5, 0.6) is 0 Å². The van der Waals surface area contributed by atoms with Gasteiger partial charge in [0.2, 0.25) is 15.9 Å². The Morgan fingerprint density at radius 1 is 1.28 bits per heavy atom. The number of fused-ring (bicyclic) bond motifs is 1. The summed E-state index contributed by atoms with van der Waals surface area (Å²) in [6.45, 7) is -0.404. The molecule has 1 aromatic carbocycles. The number of aryl methyl sites for hydroxylation is 1. The number of thiophene rings is 1. The van der Waals surface area contributed by atoms with Crippen LogP contribution in [0, 0.1) is 0 Å². The van der Waals surface area contributed by atoms with Crippen molar-refractivity contribution >= 4 is 59.9 Å². The third-order valence-corrected chi connectivity index (χ3v) is 7.44. The summed E-state index contributed by atoms with van der Waals surface area (Å²) in [7, 11) is -2.39. The molecule has 1 heterocycles. The van der Waals surface area contributed by atoms with Crippen LogP contribution in [0.1, 0.15) is 33.6 Å². The molecule has 0 radical (unpaired) electrons. The fourth-order valence-corrected chi connectivity index (χ4v) is 5.83. The normalized spacial score (nSPS) is 13.5. The Bertz CT molecular complexity index is 1050. The third kappa shape index (κ3) is 4.99. The lowest BCUT2D eigenvalue weighted by Crippen LogP contribution is -2.37. The van der Waals surface area contributed by atoms with Gasteiger partial charge in [-0.05, 0) is 49.4 Å². The maximum Gasteiger partial charge on any atom is 0.341 e. The molecule has 0 spiro atoms. The highest BCUT2D eigenvalue weighted by Gasteiger charge is 2.28. The van der Waals surface area contributed by atoms with Crippen LogP contribution in [0.15, 0.2) is 28.7 Å². The first-order valence-corrected chi connectivity index (χ1v) is 12.4. The topological polar surface area (TPSA) is 92.8 Å². The van der Waals surface area contributed by atoms with E-state index in [0.29, 0.717) is 20.7 Å². The standard InChI is InChI=1S/C19H21BrN2O5S2/c1-27-19(24)17-14-8-3-4-9-15(14)28-18(17)21-16(23)11-22(29(2,25)26)13-7-5-6-12(20)10-13/h5-7,10H,3-4,8-9,11H2,1-2H3,(H,21,23). The fraction of sp³-hybridized carbons (Fsp3) is 0.368. The monoisotopic (exact) mass is 500 g/mol. The quantitative estimate of drug-likeness (QED) is 0.611. The van der Waals surface area contributed by atoms with Gasteiger partial charge in [0.05, 0.1) is 24.6 Å². The van der Waals surface area contributed by atoms with Crippen LogP contribution in [-0.4, -0.2) is 40.2 Å². The summed E-state index contributed by atoms with van der Waals surface area (Å²) < 4.78 is 31.2. The fourth-order valence-electron chi connectivity index (χ4n) is 3.30. The maximum atomic E-state index is 12.7. The lowest BCUT2D eigenvalue weighted by Gasteiger charge is -2.22. The van der Waals surface area contributed by atoms with E-state index in [1.807, 2.05) is 0 Å². The summed E-state index contributed by atoms with van der Waals surface area (Å²) in [6, 6.07) is 6.70. The van der Waals surface area contributed by atoms with Crippen molar-refractivity contribution in [2.75, 3.05) is 29.5 Å². The molecule has 7 nitrogen and oxygen atoms in total. The average molecular weight is 501 g/mol. The molecule has 0 unspecified atom stereocenters. The number of nitrogens with zero attached hydrogens (tertiary/aromatic N) is 1. The lowest BCUT2D eigenvalue weighted by molar-refractivity contribution is -0.114. The van der Waals surface area contributed by atoms with E-state index in [1.165, 1.54) is 18.4 Å². The number of hydrogen-bond acceptors (Lipinski definition) is 6. The van der Waals surface area contributed by atoms with Gasteiger partial charge in [0.25, 0.3) is 0 Å². The van der Waals surface area contributed by atoms with Crippen LogP contribution < -0.4 is 9.62 Å². The molecule has 0 bridgehead atoms. The molecule has 0 fully saturated rings. The van der Waals surface area contributed by atoms with Crippen LogP contribution in [0.25, 0.3) is 0 Å². The van der Waals surface area contributed by atoms with Crippen molar-refractivity contribution in [2.45, 2.75) is 25.7 Å². The predicted molar refractivity (Wildman–Crippen MR) is 117 cm³/mol. The zero-order chi connectivity index (χ0) is 21.2. The number of amides is 1. The number of carbonyl (C=O) groups excluding carboxylic acids is 2. The summed E-state index contributed by atoms with van der Waals surface area (Å²) in [6.07, 6.45) is 4.68. The number of nitrogens with one attached hydrogen (secondary N) is 1. The number of benzene rings is 1. The number of halogens is 1. The number of sulfonamides is 1. The van der Waals surface area contributed by atoms with Crippen molar-refractivity contribution in [1.82, 2.24) is 0 Å². The van der Waals surface area contributed by atoms with E-state index in [4.69, 9.17) is 4.74 Å². The summed E-state index contributed by atoms with van der Waals surface area (Å²) >= 11 is 4.67. The number of hydrogen-bond donors (Lipinski definition) is 1. The molecule has 1 aliphatic rings. The maximum absolute atomic E-state index is 12.7. The number of esters is 1. The van der Waals surface area contributed by atoms with E-state index in [9.17, 15) is 18.0 Å². The van der Waals surface area contributed by atoms with Crippen LogP contribution in [0.2, 0.25) is 0 Å². The molecule has 1 N–H and O–H groups in total. The Kier molecular flexibility index (Phi) is 6.65. The molecule has 2 aromatic rings. The molecule has 3 rings (SSSR count). The number of anilines is 2. The molecule has 1 amide bonds. The van der Waals surface area contributed by atoms with Gasteiger partial charge in [-0.15, -0.1) is 11.3 Å². The van der Waals surface area contributed by atoms with Gasteiger partial charge in [-0.25, -0.2) is 13.2 Å². The van der Waals surface area contributed by atoms with Crippen molar-refractivity contribution in [3.63, 3.8) is 0 Å². The first kappa shape index (κ1) is 21.8. The van der Waals surface area contributed by atoms with Gasteiger partial charge in [0.1, 0.15) is 11.5 Å². The molecule has 0 saturated carbocycles. The summed E-state index contributed by atoms with van der Waals surface area (Å²) in [5.41, 5.74) is 1.68. The van der Waals surface area contributed by atoms with Crippen molar-refractivity contribution in [1.29, 1.82) is 0 Å². The van der Waals surface area contributed by atoms with Crippen LogP contribution in [-0.2, 0) is 32.4 Å². The van der Waals surface area contributed by atoms with Crippen molar-refractivity contribution in [2.24, 2.45) is 0 Å². The minimum Gasteiger partial charge on any atom is -0.465 e. The Balaban J connectivity index is 1.88. The summed E-state index contributed by atoms with van der Waals surface area (Å²) in [4.78, 5) is 26.1. The Morgan fingerprint density at radius 2 is 2.00 bits per heavy atom. The Morgan fingerprint density at radius 3 is 2.66 bits per heavy atom. The molecule has 0 saturated heterocycles. The molecule has 29 heavy (non-hydrogen) atoms. The number of carbonyl (C=O) groups is 2. The summed E-state index contributed by atoms with van der Waals surface area (Å²) in [5.74, 6) is -1.02. The van der Waals surface area contributed by atoms with Crippen LogP contribution >= 0.6 is 27.3 Å². The molecule has 10 heteroatoms. The molecular formula is C19H21BrN2O5S2. The SMILES string of the molecule is COC(=O)c1c(NC(=O)CN(c2cccc(Br)c2)S(C)(=O)=O)sc2c1CCCC2. The minimum atomic E-state index is -3.69. The second-order valence-corrected chi connectivity index (χ2v) is 10.6. The predicted octanol–water partition coefficient (Wildman–Crippen LogP) is 3.58. The van der Waals surface area contributed by atoms with Crippen molar-refractivity contribution < 1.29 is 22.7 Å². The van der Waals surface area contributed by atoms with Crippen LogP contribution in [0.3, 0.4) is 0 Å². The van der Waals surface area contributed by atoms with Gasteiger partial charge in [-0.1, -0.05) is 22.0 Å². The molecule has 156 valence electrons. The highest BCUT2D eigenvalue weighted by Crippen LogP contribution is 2.38. The second kappa shape index (κ2) is 8.85. The third-order valence-electron chi connectivity index (χ3n) is 4.60. The minimum absolute atomic E-state index is 0.371. The van der Waals surface area contributed by atoms with E-state index >= 15 is 0 Å². The lowest BCUT2D eigenvalue weighted by atomic mass is 9.95. The van der Waals surface area contributed by atoms with E-state index in [-0.39, 0.29) is 0 Å². The van der Waals surface area contributed by atoms with E-state index in [0.717, 1.165) is 46.7 Å². The number of rotatable bonds is 6. The first-order valence-electron chi connectivity index (χ1n) is 8.96. The van der Waals surface area contributed by atoms with Gasteiger partial charge in [-0.2, -0.15) is 0 Å². The Hall–Kier alpha value is -1.91. The summed E-state index contributed by atoms with van der Waals surface area (Å²) in [5, 5.41) is 3.14.